The zero-order valence-corrected chi connectivity index (χ0v) is 12.1. The average molecular weight is 262 g/mol. The number of hydrogen-bond donors (Lipinski definition) is 1. The number of rotatable bonds is 2. The highest BCUT2D eigenvalue weighted by Gasteiger charge is 2.22. The van der Waals surface area contributed by atoms with Gasteiger partial charge < -0.3 is 5.73 Å². The van der Waals surface area contributed by atoms with Gasteiger partial charge in [-0.05, 0) is 29.7 Å². The lowest BCUT2D eigenvalue weighted by atomic mass is 9.92. The summed E-state index contributed by atoms with van der Waals surface area (Å²) in [6, 6.07) is 2.11. The van der Waals surface area contributed by atoms with E-state index in [1.807, 2.05) is 11.3 Å². The summed E-state index contributed by atoms with van der Waals surface area (Å²) in [6.45, 7) is 8.62. The second-order valence-corrected chi connectivity index (χ2v) is 6.40. The van der Waals surface area contributed by atoms with Crippen LogP contribution in [0.1, 0.15) is 30.7 Å². The van der Waals surface area contributed by atoms with Crippen LogP contribution in [0.5, 0.6) is 0 Å². The van der Waals surface area contributed by atoms with Crippen molar-refractivity contribution in [2.45, 2.75) is 26.8 Å². The van der Waals surface area contributed by atoms with Crippen molar-refractivity contribution in [2.75, 3.05) is 19.6 Å². The molecule has 0 spiro atoms. The second kappa shape index (κ2) is 6.38. The Labute approximate surface area is 114 Å². The summed E-state index contributed by atoms with van der Waals surface area (Å²) in [6.07, 6.45) is 1.36. The van der Waals surface area contributed by atoms with Gasteiger partial charge in [-0.2, -0.15) is 0 Å². The van der Waals surface area contributed by atoms with E-state index < -0.39 is 0 Å². The van der Waals surface area contributed by atoms with Crippen molar-refractivity contribution < 1.29 is 0 Å². The van der Waals surface area contributed by atoms with E-state index in [4.69, 9.17) is 5.73 Å². The molecule has 1 saturated heterocycles. The van der Waals surface area contributed by atoms with Gasteiger partial charge in [-0.25, -0.2) is 0 Å². The molecule has 0 saturated carbocycles. The van der Waals surface area contributed by atoms with E-state index in [-0.39, 0.29) is 0 Å². The molecule has 1 aliphatic rings. The monoisotopic (exact) mass is 262 g/mol. The third-order valence-electron chi connectivity index (χ3n) is 3.38. The molecule has 2 atom stereocenters. The summed E-state index contributed by atoms with van der Waals surface area (Å²) in [7, 11) is 0. The zero-order valence-electron chi connectivity index (χ0n) is 11.3. The number of hydrogen-bond acceptors (Lipinski definition) is 3. The lowest BCUT2D eigenvalue weighted by Gasteiger charge is -2.34. The fourth-order valence-corrected chi connectivity index (χ4v) is 3.72. The van der Waals surface area contributed by atoms with Crippen LogP contribution in [0.15, 0.2) is 11.4 Å². The van der Waals surface area contributed by atoms with Crippen LogP contribution in [0, 0.1) is 23.7 Å². The molecular weight excluding hydrogens is 240 g/mol. The van der Waals surface area contributed by atoms with Crippen LogP contribution >= 0.6 is 11.3 Å². The van der Waals surface area contributed by atoms with Crippen LogP contribution in [-0.4, -0.2) is 24.5 Å². The van der Waals surface area contributed by atoms with E-state index in [2.05, 4.69) is 42.0 Å². The van der Waals surface area contributed by atoms with Crippen molar-refractivity contribution in [1.82, 2.24) is 4.90 Å². The largest absolute Gasteiger partial charge is 0.320 e. The third-order valence-corrected chi connectivity index (χ3v) is 4.29. The Morgan fingerprint density at radius 2 is 2.11 bits per heavy atom. The molecule has 2 nitrogen and oxygen atoms in total. The maximum atomic E-state index is 5.44. The van der Waals surface area contributed by atoms with Crippen molar-refractivity contribution >= 4 is 11.3 Å². The van der Waals surface area contributed by atoms with Crippen molar-refractivity contribution in [3.05, 3.63) is 21.9 Å². The van der Waals surface area contributed by atoms with Crippen LogP contribution < -0.4 is 5.73 Å². The summed E-state index contributed by atoms with van der Waals surface area (Å²) in [4.78, 5) is 3.95. The summed E-state index contributed by atoms with van der Waals surface area (Å²) in [5.74, 6) is 7.75. The fourth-order valence-electron chi connectivity index (χ4n) is 2.84. The molecule has 18 heavy (non-hydrogen) atoms. The van der Waals surface area contributed by atoms with Crippen LogP contribution in [0.2, 0.25) is 0 Å². The van der Waals surface area contributed by atoms with Gasteiger partial charge in [0.05, 0.1) is 6.54 Å². The lowest BCUT2D eigenvalue weighted by Crippen LogP contribution is -2.38. The molecule has 0 amide bonds. The lowest BCUT2D eigenvalue weighted by molar-refractivity contribution is 0.135. The molecule has 2 unspecified atom stereocenters. The minimum absolute atomic E-state index is 0.438. The first-order valence-electron chi connectivity index (χ1n) is 6.66. The van der Waals surface area contributed by atoms with Crippen LogP contribution in [0.25, 0.3) is 0 Å². The molecular formula is C15H22N2S. The first-order chi connectivity index (χ1) is 8.69. The molecule has 0 bridgehead atoms. The molecule has 1 aliphatic heterocycles. The number of nitrogens with two attached hydrogens (primary N) is 1. The summed E-state index contributed by atoms with van der Waals surface area (Å²) < 4.78 is 0. The van der Waals surface area contributed by atoms with Crippen molar-refractivity contribution in [3.8, 4) is 11.8 Å². The predicted molar refractivity (Wildman–Crippen MR) is 78.5 cm³/mol. The minimum Gasteiger partial charge on any atom is -0.320 e. The molecule has 3 heteroatoms. The van der Waals surface area contributed by atoms with E-state index in [1.54, 1.807) is 0 Å². The number of likely N-dealkylation sites (tertiary alicyclic amines) is 1. The molecule has 1 fully saturated rings. The van der Waals surface area contributed by atoms with E-state index in [0.29, 0.717) is 6.54 Å². The summed E-state index contributed by atoms with van der Waals surface area (Å²) in [5, 5.41) is 2.13. The number of thiophene rings is 1. The Morgan fingerprint density at radius 1 is 1.39 bits per heavy atom. The highest BCUT2D eigenvalue weighted by molar-refractivity contribution is 7.10. The van der Waals surface area contributed by atoms with Gasteiger partial charge in [0.25, 0.3) is 0 Å². The van der Waals surface area contributed by atoms with Crippen LogP contribution in [0.4, 0.5) is 0 Å². The van der Waals surface area contributed by atoms with Gasteiger partial charge in [-0.15, -0.1) is 11.3 Å². The first-order valence-corrected chi connectivity index (χ1v) is 7.54. The molecule has 0 aromatic carbocycles. The number of piperidine rings is 1. The zero-order chi connectivity index (χ0) is 13.0. The Kier molecular flexibility index (Phi) is 4.82. The molecule has 2 rings (SSSR count). The van der Waals surface area contributed by atoms with Gasteiger partial charge in [0.1, 0.15) is 0 Å². The van der Waals surface area contributed by atoms with Crippen molar-refractivity contribution in [1.29, 1.82) is 0 Å². The second-order valence-electron chi connectivity index (χ2n) is 5.40. The van der Waals surface area contributed by atoms with Gasteiger partial charge in [-0.3, -0.25) is 4.90 Å². The van der Waals surface area contributed by atoms with Gasteiger partial charge in [0.15, 0.2) is 0 Å². The smallest absolute Gasteiger partial charge is 0.0555 e. The summed E-state index contributed by atoms with van der Waals surface area (Å²) in [5.41, 5.74) is 6.60. The number of nitrogens with zero attached hydrogens (tertiary/aromatic N) is 1. The minimum atomic E-state index is 0.438. The Hall–Kier alpha value is -0.820. The van der Waals surface area contributed by atoms with Gasteiger partial charge >= 0.3 is 0 Å². The highest BCUT2D eigenvalue weighted by Crippen LogP contribution is 2.25. The Morgan fingerprint density at radius 3 is 2.78 bits per heavy atom. The molecule has 1 aromatic rings. The standard InChI is InChI=1S/C15H22N2S/c1-12-8-13(2)10-17(9-12)11-15-14(4-3-6-16)5-7-18-15/h5,7,12-13H,6,8-11,16H2,1-2H3. The maximum Gasteiger partial charge on any atom is 0.0555 e. The molecule has 2 N–H and O–H groups in total. The molecule has 2 heterocycles. The van der Waals surface area contributed by atoms with E-state index in [0.717, 1.165) is 23.9 Å². The normalized spacial score (nSPS) is 24.6. The van der Waals surface area contributed by atoms with Crippen molar-refractivity contribution in [2.24, 2.45) is 17.6 Å². The summed E-state index contributed by atoms with van der Waals surface area (Å²) >= 11 is 1.81. The Bertz CT molecular complexity index is 431. The van der Waals surface area contributed by atoms with Gasteiger partial charge in [-0.1, -0.05) is 25.7 Å². The van der Waals surface area contributed by atoms with Crippen LogP contribution in [-0.2, 0) is 6.54 Å². The fraction of sp³-hybridized carbons (Fsp3) is 0.600. The van der Waals surface area contributed by atoms with E-state index in [9.17, 15) is 0 Å². The van der Waals surface area contributed by atoms with E-state index in [1.165, 1.54) is 24.4 Å². The molecule has 0 aliphatic carbocycles. The molecule has 0 radical (unpaired) electrons. The van der Waals surface area contributed by atoms with Gasteiger partial charge in [0, 0.05) is 30.1 Å². The maximum absolute atomic E-state index is 5.44. The quantitative estimate of drug-likeness (QED) is 0.830. The van der Waals surface area contributed by atoms with Gasteiger partial charge in [0.2, 0.25) is 0 Å². The topological polar surface area (TPSA) is 29.3 Å². The first kappa shape index (κ1) is 13.6. The van der Waals surface area contributed by atoms with Crippen LogP contribution in [0.3, 0.4) is 0 Å². The molecule has 1 aromatic heterocycles. The van der Waals surface area contributed by atoms with E-state index >= 15 is 0 Å². The average Bonchev–Trinajstić information content (AvgIpc) is 2.72. The predicted octanol–water partition coefficient (Wildman–Crippen LogP) is 2.54. The Balaban J connectivity index is 2.02. The highest BCUT2D eigenvalue weighted by atomic mass is 32.1. The molecule has 98 valence electrons. The third kappa shape index (κ3) is 3.58. The van der Waals surface area contributed by atoms with Crippen molar-refractivity contribution in [3.63, 3.8) is 0 Å². The SMILES string of the molecule is CC1CC(C)CN(Cc2sccc2C#CCN)C1.